The fourth-order valence-corrected chi connectivity index (χ4v) is 2.05. The highest BCUT2D eigenvalue weighted by Crippen LogP contribution is 2.24. The van der Waals surface area contributed by atoms with Crippen LogP contribution in [0, 0.1) is 22.7 Å². The Kier molecular flexibility index (Phi) is 3.95. The quantitative estimate of drug-likeness (QED) is 0.750. The van der Waals surface area contributed by atoms with Gasteiger partial charge in [0.2, 0.25) is 0 Å². The second kappa shape index (κ2) is 4.79. The van der Waals surface area contributed by atoms with E-state index in [0.717, 1.165) is 12.5 Å². The summed E-state index contributed by atoms with van der Waals surface area (Å²) in [5.41, 5.74) is -0.225. The van der Waals surface area contributed by atoms with Crippen LogP contribution in [0.5, 0.6) is 0 Å². The highest BCUT2D eigenvalue weighted by molar-refractivity contribution is 4.94. The number of hydrogen-bond donors (Lipinski definition) is 1. The van der Waals surface area contributed by atoms with Crippen molar-refractivity contribution in [3.8, 4) is 6.07 Å². The van der Waals surface area contributed by atoms with Gasteiger partial charge in [-0.05, 0) is 32.6 Å². The molecule has 1 aliphatic rings. The molecule has 0 bridgehead atoms. The summed E-state index contributed by atoms with van der Waals surface area (Å²) in [7, 11) is 0. The zero-order chi connectivity index (χ0) is 10.6. The van der Waals surface area contributed by atoms with Gasteiger partial charge in [-0.15, -0.1) is 0 Å². The minimum Gasteiger partial charge on any atom is -0.312 e. The zero-order valence-corrected chi connectivity index (χ0v) is 9.64. The molecule has 1 fully saturated rings. The van der Waals surface area contributed by atoms with Crippen molar-refractivity contribution >= 4 is 0 Å². The lowest BCUT2D eigenvalue weighted by molar-refractivity contribution is 0.261. The molecule has 1 aliphatic carbocycles. The van der Waals surface area contributed by atoms with Gasteiger partial charge < -0.3 is 5.32 Å². The molecule has 0 aromatic heterocycles. The van der Waals surface area contributed by atoms with Gasteiger partial charge in [0.1, 0.15) is 0 Å². The van der Waals surface area contributed by atoms with E-state index in [1.807, 2.05) is 13.8 Å². The Bertz CT molecular complexity index is 215. The van der Waals surface area contributed by atoms with Crippen LogP contribution in [0.4, 0.5) is 0 Å². The zero-order valence-electron chi connectivity index (χ0n) is 9.64. The predicted molar refractivity (Wildman–Crippen MR) is 58.8 cm³/mol. The molecule has 2 atom stereocenters. The Balaban J connectivity index is 2.33. The Morgan fingerprint density at radius 1 is 1.36 bits per heavy atom. The maximum absolute atomic E-state index is 8.90. The summed E-state index contributed by atoms with van der Waals surface area (Å²) in [6.45, 7) is 7.12. The van der Waals surface area contributed by atoms with Crippen molar-refractivity contribution < 1.29 is 0 Å². The van der Waals surface area contributed by atoms with Gasteiger partial charge in [-0.1, -0.05) is 19.8 Å². The van der Waals surface area contributed by atoms with Crippen molar-refractivity contribution in [2.45, 2.75) is 52.5 Å². The van der Waals surface area contributed by atoms with E-state index in [-0.39, 0.29) is 5.41 Å². The van der Waals surface area contributed by atoms with Crippen LogP contribution in [0.2, 0.25) is 0 Å². The van der Waals surface area contributed by atoms with Crippen LogP contribution in [0.15, 0.2) is 0 Å². The maximum atomic E-state index is 8.90. The highest BCUT2D eigenvalue weighted by Gasteiger charge is 2.24. The van der Waals surface area contributed by atoms with Crippen molar-refractivity contribution in [1.29, 1.82) is 5.26 Å². The maximum Gasteiger partial charge on any atom is 0.0697 e. The largest absolute Gasteiger partial charge is 0.312 e. The Morgan fingerprint density at radius 3 is 2.57 bits per heavy atom. The van der Waals surface area contributed by atoms with Crippen molar-refractivity contribution in [1.82, 2.24) is 5.32 Å². The molecule has 80 valence electrons. The molecule has 0 aromatic carbocycles. The van der Waals surface area contributed by atoms with E-state index >= 15 is 0 Å². The average Bonchev–Trinajstić information content (AvgIpc) is 2.17. The number of nitrogens with zero attached hydrogens (tertiary/aromatic N) is 1. The third-order valence-electron chi connectivity index (χ3n) is 3.22. The molecule has 0 aromatic rings. The van der Waals surface area contributed by atoms with Gasteiger partial charge in [0.15, 0.2) is 0 Å². The third kappa shape index (κ3) is 3.31. The number of nitriles is 1. The van der Waals surface area contributed by atoms with Gasteiger partial charge >= 0.3 is 0 Å². The Hall–Kier alpha value is -0.550. The number of nitrogens with one attached hydrogen (secondary N) is 1. The lowest BCUT2D eigenvalue weighted by Gasteiger charge is -2.31. The third-order valence-corrected chi connectivity index (χ3v) is 3.22. The molecule has 1 N–H and O–H groups in total. The van der Waals surface area contributed by atoms with Crippen LogP contribution in [0.3, 0.4) is 0 Å². The molecule has 1 rings (SSSR count). The smallest absolute Gasteiger partial charge is 0.0697 e. The molecule has 2 nitrogen and oxygen atoms in total. The van der Waals surface area contributed by atoms with Crippen LogP contribution >= 0.6 is 0 Å². The van der Waals surface area contributed by atoms with E-state index in [2.05, 4.69) is 18.3 Å². The molecular weight excluding hydrogens is 172 g/mol. The first-order valence-electron chi connectivity index (χ1n) is 5.70. The summed E-state index contributed by atoms with van der Waals surface area (Å²) in [5, 5.41) is 12.4. The predicted octanol–water partition coefficient (Wildman–Crippen LogP) is 2.70. The molecule has 0 amide bonds. The lowest BCUT2D eigenvalue weighted by Crippen LogP contribution is -2.41. The molecule has 14 heavy (non-hydrogen) atoms. The standard InChI is InChI=1S/C12H22N2/c1-10-6-4-5-7-11(10)14-9-12(2,3)8-13/h10-11,14H,4-7,9H2,1-3H3. The summed E-state index contributed by atoms with van der Waals surface area (Å²) < 4.78 is 0. The first-order valence-corrected chi connectivity index (χ1v) is 5.70. The Labute approximate surface area is 87.7 Å². The molecule has 2 unspecified atom stereocenters. The Morgan fingerprint density at radius 2 is 2.00 bits per heavy atom. The topological polar surface area (TPSA) is 35.8 Å². The molecule has 1 saturated carbocycles. The normalized spacial score (nSPS) is 28.4. The van der Waals surface area contributed by atoms with Gasteiger partial charge in [-0.2, -0.15) is 5.26 Å². The van der Waals surface area contributed by atoms with E-state index < -0.39 is 0 Å². The molecule has 2 heteroatoms. The summed E-state index contributed by atoms with van der Waals surface area (Å²) in [6.07, 6.45) is 5.34. The molecule has 0 saturated heterocycles. The average molecular weight is 194 g/mol. The van der Waals surface area contributed by atoms with Gasteiger partial charge in [0, 0.05) is 12.6 Å². The summed E-state index contributed by atoms with van der Waals surface area (Å²) in [5.74, 6) is 0.776. The van der Waals surface area contributed by atoms with E-state index in [0.29, 0.717) is 6.04 Å². The van der Waals surface area contributed by atoms with E-state index in [4.69, 9.17) is 5.26 Å². The van der Waals surface area contributed by atoms with E-state index in [9.17, 15) is 0 Å². The molecule has 0 spiro atoms. The van der Waals surface area contributed by atoms with Crippen molar-refractivity contribution in [3.63, 3.8) is 0 Å². The van der Waals surface area contributed by atoms with Crippen LogP contribution < -0.4 is 5.32 Å². The van der Waals surface area contributed by atoms with Crippen LogP contribution in [-0.4, -0.2) is 12.6 Å². The molecule has 0 aliphatic heterocycles. The minimum atomic E-state index is -0.225. The fraction of sp³-hybridized carbons (Fsp3) is 0.917. The summed E-state index contributed by atoms with van der Waals surface area (Å²) in [4.78, 5) is 0. The van der Waals surface area contributed by atoms with Gasteiger partial charge in [0.25, 0.3) is 0 Å². The van der Waals surface area contributed by atoms with Crippen LogP contribution in [0.25, 0.3) is 0 Å². The monoisotopic (exact) mass is 194 g/mol. The van der Waals surface area contributed by atoms with Crippen LogP contribution in [0.1, 0.15) is 46.5 Å². The van der Waals surface area contributed by atoms with Crippen molar-refractivity contribution in [2.24, 2.45) is 11.3 Å². The highest BCUT2D eigenvalue weighted by atomic mass is 14.9. The van der Waals surface area contributed by atoms with Gasteiger partial charge in [-0.25, -0.2) is 0 Å². The van der Waals surface area contributed by atoms with Crippen molar-refractivity contribution in [2.75, 3.05) is 6.54 Å². The molecular formula is C12H22N2. The lowest BCUT2D eigenvalue weighted by atomic mass is 9.85. The van der Waals surface area contributed by atoms with Gasteiger partial charge in [-0.3, -0.25) is 0 Å². The SMILES string of the molecule is CC1CCCCC1NCC(C)(C)C#N. The fourth-order valence-electron chi connectivity index (χ4n) is 2.05. The first kappa shape index (κ1) is 11.5. The second-order valence-corrected chi connectivity index (χ2v) is 5.24. The molecule has 0 radical (unpaired) electrons. The molecule has 0 heterocycles. The van der Waals surface area contributed by atoms with E-state index in [1.165, 1.54) is 25.7 Å². The van der Waals surface area contributed by atoms with Gasteiger partial charge in [0.05, 0.1) is 11.5 Å². The van der Waals surface area contributed by atoms with Crippen LogP contribution in [-0.2, 0) is 0 Å². The van der Waals surface area contributed by atoms with E-state index in [1.54, 1.807) is 0 Å². The summed E-state index contributed by atoms with van der Waals surface area (Å²) in [6, 6.07) is 2.97. The summed E-state index contributed by atoms with van der Waals surface area (Å²) >= 11 is 0. The number of rotatable bonds is 3. The van der Waals surface area contributed by atoms with Crippen molar-refractivity contribution in [3.05, 3.63) is 0 Å². The first-order chi connectivity index (χ1) is 6.55. The second-order valence-electron chi connectivity index (χ2n) is 5.24. The number of hydrogen-bond acceptors (Lipinski definition) is 2. The minimum absolute atomic E-state index is 0.225.